The molecular formula is C11H9Cl2N3O. The molecule has 2 aromatic rings. The molecule has 0 spiro atoms. The van der Waals surface area contributed by atoms with E-state index >= 15 is 0 Å². The molecule has 1 heterocycles. The van der Waals surface area contributed by atoms with E-state index in [1.807, 2.05) is 0 Å². The Labute approximate surface area is 108 Å². The van der Waals surface area contributed by atoms with Crippen molar-refractivity contribution in [1.82, 2.24) is 4.98 Å². The second-order valence-corrected chi connectivity index (χ2v) is 4.14. The van der Waals surface area contributed by atoms with E-state index in [-0.39, 0.29) is 5.82 Å². The number of hydrogen-bond donors (Lipinski definition) is 2. The van der Waals surface area contributed by atoms with Crippen molar-refractivity contribution in [2.45, 2.75) is 0 Å². The smallest absolute Gasteiger partial charge is 0.221 e. The molecule has 0 radical (unpaired) electrons. The van der Waals surface area contributed by atoms with Crippen LogP contribution in [0.5, 0.6) is 11.6 Å². The van der Waals surface area contributed by atoms with Crippen molar-refractivity contribution in [2.24, 2.45) is 0 Å². The SMILES string of the molecule is Nc1ccc(Oc2ccc(Cl)cc2Cl)nc1N. The Balaban J connectivity index is 2.28. The van der Waals surface area contributed by atoms with Crippen LogP contribution in [0.4, 0.5) is 11.5 Å². The fourth-order valence-electron chi connectivity index (χ4n) is 1.19. The molecule has 0 saturated heterocycles. The van der Waals surface area contributed by atoms with Gasteiger partial charge >= 0.3 is 0 Å². The standard InChI is InChI=1S/C11H9Cl2N3O/c12-6-1-3-9(7(13)5-6)17-10-4-2-8(14)11(15)16-10/h1-5H,14H2,(H2,15,16). The summed E-state index contributed by atoms with van der Waals surface area (Å²) >= 11 is 11.7. The summed E-state index contributed by atoms with van der Waals surface area (Å²) in [5.74, 6) is 0.987. The summed E-state index contributed by atoms with van der Waals surface area (Å²) in [5, 5.41) is 0.932. The summed E-state index contributed by atoms with van der Waals surface area (Å²) < 4.78 is 5.46. The van der Waals surface area contributed by atoms with E-state index in [4.69, 9.17) is 39.4 Å². The van der Waals surface area contributed by atoms with Crippen LogP contribution in [0.25, 0.3) is 0 Å². The highest BCUT2D eigenvalue weighted by Gasteiger charge is 2.06. The first-order valence-electron chi connectivity index (χ1n) is 4.71. The van der Waals surface area contributed by atoms with Gasteiger partial charge in [0.15, 0.2) is 5.82 Å². The first-order valence-corrected chi connectivity index (χ1v) is 5.47. The Bertz CT molecular complexity index is 560. The number of ether oxygens (including phenoxy) is 1. The predicted molar refractivity (Wildman–Crippen MR) is 69.6 cm³/mol. The van der Waals surface area contributed by atoms with Crippen molar-refractivity contribution in [2.75, 3.05) is 11.5 Å². The van der Waals surface area contributed by atoms with Gasteiger partial charge in [-0.25, -0.2) is 0 Å². The summed E-state index contributed by atoms with van der Waals surface area (Å²) in [7, 11) is 0. The fraction of sp³-hybridized carbons (Fsp3) is 0. The number of pyridine rings is 1. The molecule has 1 aromatic heterocycles. The summed E-state index contributed by atoms with van der Waals surface area (Å²) in [6, 6.07) is 8.12. The van der Waals surface area contributed by atoms with Crippen LogP contribution in [0.1, 0.15) is 0 Å². The molecule has 0 bridgehead atoms. The summed E-state index contributed by atoms with van der Waals surface area (Å²) in [6.45, 7) is 0. The lowest BCUT2D eigenvalue weighted by Gasteiger charge is -2.08. The van der Waals surface area contributed by atoms with Crippen molar-refractivity contribution in [3.8, 4) is 11.6 Å². The molecule has 1 aromatic carbocycles. The van der Waals surface area contributed by atoms with Crippen LogP contribution in [0.3, 0.4) is 0 Å². The maximum Gasteiger partial charge on any atom is 0.221 e. The zero-order valence-electron chi connectivity index (χ0n) is 8.65. The molecule has 0 saturated carbocycles. The second-order valence-electron chi connectivity index (χ2n) is 3.30. The number of halogens is 2. The Morgan fingerprint density at radius 3 is 2.47 bits per heavy atom. The molecule has 0 aliphatic rings. The third-order valence-electron chi connectivity index (χ3n) is 2.04. The molecule has 4 nitrogen and oxygen atoms in total. The summed E-state index contributed by atoms with van der Waals surface area (Å²) in [5.41, 5.74) is 11.5. The first-order chi connectivity index (χ1) is 8.06. The molecule has 88 valence electrons. The number of nitrogens with zero attached hydrogens (tertiary/aromatic N) is 1. The van der Waals surface area contributed by atoms with Crippen LogP contribution in [0.15, 0.2) is 30.3 Å². The fourth-order valence-corrected chi connectivity index (χ4v) is 1.64. The highest BCUT2D eigenvalue weighted by Crippen LogP contribution is 2.31. The van der Waals surface area contributed by atoms with Crippen LogP contribution in [0.2, 0.25) is 10.0 Å². The molecule has 0 amide bonds. The largest absolute Gasteiger partial charge is 0.437 e. The van der Waals surface area contributed by atoms with Crippen LogP contribution in [-0.2, 0) is 0 Å². The van der Waals surface area contributed by atoms with Gasteiger partial charge in [-0.1, -0.05) is 23.2 Å². The van der Waals surface area contributed by atoms with E-state index < -0.39 is 0 Å². The van der Waals surface area contributed by atoms with Crippen LogP contribution >= 0.6 is 23.2 Å². The van der Waals surface area contributed by atoms with E-state index in [0.717, 1.165) is 0 Å². The zero-order valence-corrected chi connectivity index (χ0v) is 10.2. The average Bonchev–Trinajstić information content (AvgIpc) is 2.27. The summed E-state index contributed by atoms with van der Waals surface area (Å²) in [6.07, 6.45) is 0. The molecule has 17 heavy (non-hydrogen) atoms. The van der Waals surface area contributed by atoms with Gasteiger partial charge in [0.2, 0.25) is 5.88 Å². The van der Waals surface area contributed by atoms with E-state index in [1.165, 1.54) is 0 Å². The van der Waals surface area contributed by atoms with E-state index in [2.05, 4.69) is 4.98 Å². The third-order valence-corrected chi connectivity index (χ3v) is 2.57. The molecule has 2 rings (SSSR count). The second kappa shape index (κ2) is 4.69. The molecule has 0 aliphatic heterocycles. The van der Waals surface area contributed by atoms with Gasteiger partial charge in [0, 0.05) is 11.1 Å². The van der Waals surface area contributed by atoms with Crippen LogP contribution in [0, 0.1) is 0 Å². The van der Waals surface area contributed by atoms with E-state index in [1.54, 1.807) is 30.3 Å². The number of nitrogen functional groups attached to an aromatic ring is 2. The zero-order chi connectivity index (χ0) is 12.4. The van der Waals surface area contributed by atoms with E-state index in [9.17, 15) is 0 Å². The monoisotopic (exact) mass is 269 g/mol. The minimum atomic E-state index is 0.215. The lowest BCUT2D eigenvalue weighted by Crippen LogP contribution is -1.99. The molecular weight excluding hydrogens is 261 g/mol. The Morgan fingerprint density at radius 1 is 1.06 bits per heavy atom. The highest BCUT2D eigenvalue weighted by atomic mass is 35.5. The molecule has 0 unspecified atom stereocenters. The van der Waals surface area contributed by atoms with Gasteiger partial charge in [0.05, 0.1) is 10.7 Å². The van der Waals surface area contributed by atoms with Gasteiger partial charge in [-0.05, 0) is 24.3 Å². The lowest BCUT2D eigenvalue weighted by atomic mass is 10.3. The number of anilines is 2. The Morgan fingerprint density at radius 2 is 1.82 bits per heavy atom. The number of benzene rings is 1. The van der Waals surface area contributed by atoms with E-state index in [0.29, 0.717) is 27.4 Å². The predicted octanol–water partition coefficient (Wildman–Crippen LogP) is 3.35. The number of nitrogens with two attached hydrogens (primary N) is 2. The normalized spacial score (nSPS) is 10.2. The third kappa shape index (κ3) is 2.72. The molecule has 6 heteroatoms. The average molecular weight is 270 g/mol. The topological polar surface area (TPSA) is 74.2 Å². The van der Waals surface area contributed by atoms with Gasteiger partial charge in [-0.15, -0.1) is 0 Å². The Hall–Kier alpha value is -1.65. The number of hydrogen-bond acceptors (Lipinski definition) is 4. The molecule has 0 aliphatic carbocycles. The van der Waals surface area contributed by atoms with Crippen molar-refractivity contribution in [3.05, 3.63) is 40.4 Å². The van der Waals surface area contributed by atoms with Gasteiger partial charge in [-0.2, -0.15) is 4.98 Å². The van der Waals surface area contributed by atoms with Crippen molar-refractivity contribution < 1.29 is 4.74 Å². The van der Waals surface area contributed by atoms with Crippen molar-refractivity contribution in [3.63, 3.8) is 0 Å². The van der Waals surface area contributed by atoms with Gasteiger partial charge in [0.1, 0.15) is 5.75 Å². The van der Waals surface area contributed by atoms with Crippen LogP contribution < -0.4 is 16.2 Å². The highest BCUT2D eigenvalue weighted by molar-refractivity contribution is 6.35. The number of rotatable bonds is 2. The quantitative estimate of drug-likeness (QED) is 0.877. The van der Waals surface area contributed by atoms with Crippen molar-refractivity contribution in [1.29, 1.82) is 0 Å². The van der Waals surface area contributed by atoms with Crippen LogP contribution in [-0.4, -0.2) is 4.98 Å². The molecule has 0 fully saturated rings. The minimum absolute atomic E-state index is 0.215. The maximum atomic E-state index is 5.96. The van der Waals surface area contributed by atoms with Gasteiger partial charge < -0.3 is 16.2 Å². The minimum Gasteiger partial charge on any atom is -0.437 e. The van der Waals surface area contributed by atoms with Gasteiger partial charge in [-0.3, -0.25) is 0 Å². The molecule has 0 atom stereocenters. The summed E-state index contributed by atoms with van der Waals surface area (Å²) in [4.78, 5) is 3.97. The maximum absolute atomic E-state index is 5.96. The van der Waals surface area contributed by atoms with Crippen molar-refractivity contribution >= 4 is 34.7 Å². The number of aromatic nitrogens is 1. The molecule has 4 N–H and O–H groups in total. The first kappa shape index (κ1) is 11.8. The lowest BCUT2D eigenvalue weighted by molar-refractivity contribution is 0.464. The Kier molecular flexibility index (Phi) is 3.26. The van der Waals surface area contributed by atoms with Gasteiger partial charge in [0.25, 0.3) is 0 Å².